The zero-order valence-electron chi connectivity index (χ0n) is 16.5. The van der Waals surface area contributed by atoms with Gasteiger partial charge < -0.3 is 14.5 Å². The van der Waals surface area contributed by atoms with Gasteiger partial charge in [0.15, 0.2) is 5.58 Å². The number of rotatable bonds is 7. The number of carbonyl (C=O) groups is 1. The second kappa shape index (κ2) is 8.53. The number of nitrogens with one attached hydrogen (secondary N) is 1. The fourth-order valence-corrected chi connectivity index (χ4v) is 3.91. The first kappa shape index (κ1) is 19.3. The molecule has 1 N–H and O–H groups in total. The largest absolute Gasteiger partial charge is 0.497 e. The third kappa shape index (κ3) is 4.19. The van der Waals surface area contributed by atoms with Crippen LogP contribution in [-0.4, -0.2) is 42.1 Å². The minimum Gasteiger partial charge on any atom is -0.497 e. The van der Waals surface area contributed by atoms with Gasteiger partial charge in [-0.15, -0.1) is 0 Å². The van der Waals surface area contributed by atoms with Crippen molar-refractivity contribution < 1.29 is 13.9 Å². The van der Waals surface area contributed by atoms with E-state index in [4.69, 9.17) is 9.15 Å². The van der Waals surface area contributed by atoms with Crippen molar-refractivity contribution in [3.63, 3.8) is 0 Å². The van der Waals surface area contributed by atoms with E-state index in [1.165, 1.54) is 4.57 Å². The summed E-state index contributed by atoms with van der Waals surface area (Å²) in [5, 5.41) is 3.00. The fraction of sp³-hybridized carbons (Fsp3) is 0.364. The van der Waals surface area contributed by atoms with E-state index >= 15 is 0 Å². The zero-order chi connectivity index (χ0) is 20.2. The molecule has 2 aromatic carbocycles. The molecular weight excluding hydrogens is 370 g/mol. The van der Waals surface area contributed by atoms with Crippen LogP contribution in [0.1, 0.15) is 24.4 Å². The van der Waals surface area contributed by atoms with Crippen LogP contribution in [0.5, 0.6) is 5.75 Å². The molecule has 29 heavy (non-hydrogen) atoms. The lowest BCUT2D eigenvalue weighted by molar-refractivity contribution is -0.121. The number of ether oxygens (including phenoxy) is 1. The number of fused-ring (bicyclic) bond motifs is 1. The highest BCUT2D eigenvalue weighted by Crippen LogP contribution is 2.26. The van der Waals surface area contributed by atoms with E-state index < -0.39 is 5.76 Å². The van der Waals surface area contributed by atoms with E-state index in [0.717, 1.165) is 37.2 Å². The summed E-state index contributed by atoms with van der Waals surface area (Å²) in [5.41, 5.74) is 2.25. The van der Waals surface area contributed by atoms with Gasteiger partial charge in [0, 0.05) is 6.54 Å². The van der Waals surface area contributed by atoms with Crippen molar-refractivity contribution in [1.29, 1.82) is 0 Å². The lowest BCUT2D eigenvalue weighted by Gasteiger charge is -2.28. The number of aromatic nitrogens is 1. The Labute approximate surface area is 168 Å². The van der Waals surface area contributed by atoms with Crippen LogP contribution in [0, 0.1) is 0 Å². The molecule has 0 spiro atoms. The van der Waals surface area contributed by atoms with Crippen molar-refractivity contribution in [3.8, 4) is 5.75 Å². The maximum absolute atomic E-state index is 12.6. The molecule has 7 heteroatoms. The van der Waals surface area contributed by atoms with Crippen molar-refractivity contribution in [1.82, 2.24) is 14.8 Å². The molecule has 0 bridgehead atoms. The Morgan fingerprint density at radius 3 is 2.59 bits per heavy atom. The Morgan fingerprint density at radius 1 is 1.14 bits per heavy atom. The molecule has 1 saturated heterocycles. The topological polar surface area (TPSA) is 76.7 Å². The molecule has 0 radical (unpaired) electrons. The Hall–Kier alpha value is -3.06. The van der Waals surface area contributed by atoms with Crippen LogP contribution in [0.15, 0.2) is 57.7 Å². The van der Waals surface area contributed by atoms with Gasteiger partial charge in [0.1, 0.15) is 12.3 Å². The second-order valence-electron chi connectivity index (χ2n) is 7.26. The minimum absolute atomic E-state index is 0.0643. The van der Waals surface area contributed by atoms with E-state index in [1.807, 2.05) is 30.3 Å². The van der Waals surface area contributed by atoms with Crippen molar-refractivity contribution in [2.45, 2.75) is 25.4 Å². The molecule has 2 heterocycles. The Morgan fingerprint density at radius 2 is 1.86 bits per heavy atom. The van der Waals surface area contributed by atoms with Gasteiger partial charge in [-0.1, -0.05) is 24.3 Å². The lowest BCUT2D eigenvalue weighted by Crippen LogP contribution is -2.38. The highest BCUT2D eigenvalue weighted by Gasteiger charge is 2.24. The fourth-order valence-electron chi connectivity index (χ4n) is 3.91. The minimum atomic E-state index is -0.521. The maximum atomic E-state index is 12.6. The van der Waals surface area contributed by atoms with Crippen molar-refractivity contribution in [3.05, 3.63) is 64.6 Å². The van der Waals surface area contributed by atoms with E-state index in [1.54, 1.807) is 25.3 Å². The van der Waals surface area contributed by atoms with Crippen LogP contribution in [0.25, 0.3) is 11.1 Å². The SMILES string of the molecule is COc1ccc(C(CNC(=O)Cn2c(=O)oc3ccccc32)N2CCCC2)cc1. The molecule has 1 aliphatic rings. The van der Waals surface area contributed by atoms with Gasteiger partial charge >= 0.3 is 5.76 Å². The van der Waals surface area contributed by atoms with E-state index in [-0.39, 0.29) is 18.5 Å². The normalized spacial score (nSPS) is 15.5. The van der Waals surface area contributed by atoms with Crippen LogP contribution in [0.4, 0.5) is 0 Å². The molecule has 0 saturated carbocycles. The first-order valence-electron chi connectivity index (χ1n) is 9.89. The van der Waals surface area contributed by atoms with Crippen LogP contribution < -0.4 is 15.8 Å². The molecule has 1 aromatic heterocycles. The number of hydrogen-bond acceptors (Lipinski definition) is 5. The molecule has 4 rings (SSSR count). The molecule has 1 aliphatic heterocycles. The first-order chi connectivity index (χ1) is 14.2. The van der Waals surface area contributed by atoms with Crippen LogP contribution in [0.2, 0.25) is 0 Å². The van der Waals surface area contributed by atoms with Gasteiger partial charge in [-0.25, -0.2) is 4.79 Å². The predicted molar refractivity (Wildman–Crippen MR) is 110 cm³/mol. The van der Waals surface area contributed by atoms with E-state index in [9.17, 15) is 9.59 Å². The second-order valence-corrected chi connectivity index (χ2v) is 7.26. The summed E-state index contributed by atoms with van der Waals surface area (Å²) < 4.78 is 11.8. The number of methoxy groups -OCH3 is 1. The highest BCUT2D eigenvalue weighted by atomic mass is 16.5. The summed E-state index contributed by atoms with van der Waals surface area (Å²) in [7, 11) is 1.65. The van der Waals surface area contributed by atoms with Crippen molar-refractivity contribution in [2.75, 3.05) is 26.7 Å². The van der Waals surface area contributed by atoms with E-state index in [2.05, 4.69) is 10.2 Å². The molecule has 1 amide bonds. The van der Waals surface area contributed by atoms with Crippen molar-refractivity contribution in [2.24, 2.45) is 0 Å². The smallest absolute Gasteiger partial charge is 0.420 e. The number of carbonyl (C=O) groups excluding carboxylic acids is 1. The summed E-state index contributed by atoms with van der Waals surface area (Å²) in [6.07, 6.45) is 2.33. The number of amides is 1. The maximum Gasteiger partial charge on any atom is 0.420 e. The standard InChI is InChI=1S/C22H25N3O4/c1-28-17-10-8-16(9-11-17)19(24-12-4-5-13-24)14-23-21(26)15-25-18-6-2-3-7-20(18)29-22(25)27/h2-3,6-11,19H,4-5,12-15H2,1H3,(H,23,26). The molecule has 152 valence electrons. The van der Waals surface area contributed by atoms with E-state index in [0.29, 0.717) is 17.6 Å². The van der Waals surface area contributed by atoms with Gasteiger partial charge in [-0.2, -0.15) is 0 Å². The summed E-state index contributed by atoms with van der Waals surface area (Å²) >= 11 is 0. The third-order valence-electron chi connectivity index (χ3n) is 5.45. The zero-order valence-corrected chi connectivity index (χ0v) is 16.5. The molecule has 0 aliphatic carbocycles. The quantitative estimate of drug-likeness (QED) is 0.665. The summed E-state index contributed by atoms with van der Waals surface area (Å²) in [4.78, 5) is 27.1. The number of likely N-dealkylation sites (tertiary alicyclic amines) is 1. The number of hydrogen-bond donors (Lipinski definition) is 1. The van der Waals surface area contributed by atoms with Gasteiger partial charge in [0.05, 0.1) is 18.7 Å². The molecule has 1 atom stereocenters. The molecular formula is C22H25N3O4. The molecule has 7 nitrogen and oxygen atoms in total. The Kier molecular flexibility index (Phi) is 5.67. The first-order valence-corrected chi connectivity index (χ1v) is 9.89. The van der Waals surface area contributed by atoms with Gasteiger partial charge in [0.25, 0.3) is 0 Å². The summed E-state index contributed by atoms with van der Waals surface area (Å²) in [6.45, 7) is 2.44. The van der Waals surface area contributed by atoms with Crippen LogP contribution in [-0.2, 0) is 11.3 Å². The average Bonchev–Trinajstić information content (AvgIpc) is 3.37. The van der Waals surface area contributed by atoms with Crippen LogP contribution >= 0.6 is 0 Å². The molecule has 1 fully saturated rings. The van der Waals surface area contributed by atoms with Gasteiger partial charge in [-0.05, 0) is 55.8 Å². The summed E-state index contributed by atoms with van der Waals surface area (Å²) in [5.74, 6) is 0.0770. The Balaban J connectivity index is 1.47. The number of benzene rings is 2. The average molecular weight is 395 g/mol. The predicted octanol–water partition coefficient (Wildman–Crippen LogP) is 2.56. The Bertz CT molecular complexity index is 1030. The highest BCUT2D eigenvalue weighted by molar-refractivity contribution is 5.79. The number of nitrogens with zero attached hydrogens (tertiary/aromatic N) is 2. The number of para-hydroxylation sites is 2. The van der Waals surface area contributed by atoms with Gasteiger partial charge in [0.2, 0.25) is 5.91 Å². The molecule has 1 unspecified atom stereocenters. The lowest BCUT2D eigenvalue weighted by atomic mass is 10.1. The number of oxazole rings is 1. The van der Waals surface area contributed by atoms with Gasteiger partial charge in [-0.3, -0.25) is 14.3 Å². The molecule has 3 aromatic rings. The summed E-state index contributed by atoms with van der Waals surface area (Å²) in [6, 6.07) is 15.2. The van der Waals surface area contributed by atoms with Crippen LogP contribution in [0.3, 0.4) is 0 Å². The monoisotopic (exact) mass is 395 g/mol. The van der Waals surface area contributed by atoms with Crippen molar-refractivity contribution >= 4 is 17.0 Å². The third-order valence-corrected chi connectivity index (χ3v) is 5.45.